The van der Waals surface area contributed by atoms with Crippen molar-refractivity contribution in [2.75, 3.05) is 5.32 Å². The minimum absolute atomic E-state index is 0.995. The third-order valence-corrected chi connectivity index (χ3v) is 3.99. The summed E-state index contributed by atoms with van der Waals surface area (Å²) in [6.07, 6.45) is 3.52. The number of anilines is 2. The number of hydrogen-bond donors (Lipinski definition) is 1. The molecule has 3 heteroatoms. The van der Waals surface area contributed by atoms with Crippen LogP contribution >= 0.6 is 11.3 Å². The quantitative estimate of drug-likeness (QED) is 0.831. The number of aromatic nitrogens is 1. The van der Waals surface area contributed by atoms with E-state index >= 15 is 0 Å². The van der Waals surface area contributed by atoms with Gasteiger partial charge in [0.25, 0.3) is 0 Å². The number of unbranched alkanes of at least 4 members (excludes halogenated alkanes) is 1. The fourth-order valence-corrected chi connectivity index (χ4v) is 2.60. The summed E-state index contributed by atoms with van der Waals surface area (Å²) in [6.45, 7) is 6.49. The van der Waals surface area contributed by atoms with E-state index < -0.39 is 0 Å². The monoisotopic (exact) mass is 260 g/mol. The summed E-state index contributed by atoms with van der Waals surface area (Å²) in [7, 11) is 0. The van der Waals surface area contributed by atoms with E-state index in [0.717, 1.165) is 17.2 Å². The van der Waals surface area contributed by atoms with Crippen LogP contribution in [0.2, 0.25) is 0 Å². The summed E-state index contributed by atoms with van der Waals surface area (Å²) in [5.74, 6) is 0. The summed E-state index contributed by atoms with van der Waals surface area (Å²) in [5.41, 5.74) is 4.96. The first-order valence-electron chi connectivity index (χ1n) is 6.48. The van der Waals surface area contributed by atoms with E-state index in [1.807, 2.05) is 0 Å². The molecule has 1 aromatic heterocycles. The molecule has 2 aromatic rings. The average molecular weight is 260 g/mol. The lowest BCUT2D eigenvalue weighted by molar-refractivity contribution is 0.781. The van der Waals surface area contributed by atoms with E-state index in [1.165, 1.54) is 29.7 Å². The summed E-state index contributed by atoms with van der Waals surface area (Å²) < 4.78 is 0. The first kappa shape index (κ1) is 13.1. The van der Waals surface area contributed by atoms with Gasteiger partial charge >= 0.3 is 0 Å². The van der Waals surface area contributed by atoms with Crippen molar-refractivity contribution < 1.29 is 0 Å². The van der Waals surface area contributed by atoms with Gasteiger partial charge in [-0.2, -0.15) is 0 Å². The maximum atomic E-state index is 4.62. The van der Waals surface area contributed by atoms with Crippen molar-refractivity contribution in [3.8, 4) is 0 Å². The van der Waals surface area contributed by atoms with Crippen LogP contribution in [0.1, 0.15) is 36.6 Å². The van der Waals surface area contributed by atoms with Crippen LogP contribution in [-0.4, -0.2) is 4.98 Å². The fourth-order valence-electron chi connectivity index (χ4n) is 1.84. The van der Waals surface area contributed by atoms with Crippen LogP contribution < -0.4 is 5.32 Å². The van der Waals surface area contributed by atoms with Gasteiger partial charge in [0.15, 0.2) is 5.13 Å². The Morgan fingerprint density at radius 1 is 1.28 bits per heavy atom. The van der Waals surface area contributed by atoms with Gasteiger partial charge in [-0.15, -0.1) is 11.3 Å². The average Bonchev–Trinajstić information content (AvgIpc) is 2.80. The Hall–Kier alpha value is -1.35. The van der Waals surface area contributed by atoms with Crippen LogP contribution in [0.4, 0.5) is 10.8 Å². The second kappa shape index (κ2) is 6.01. The molecular weight excluding hydrogens is 240 g/mol. The molecule has 0 atom stereocenters. The van der Waals surface area contributed by atoms with Crippen LogP contribution in [0.5, 0.6) is 0 Å². The summed E-state index contributed by atoms with van der Waals surface area (Å²) >= 11 is 1.69. The number of nitrogens with one attached hydrogen (secondary N) is 1. The Balaban J connectivity index is 2.09. The Bertz CT molecular complexity index is 517. The predicted octanol–water partition coefficient (Wildman–Crippen LogP) is 4.85. The molecule has 1 heterocycles. The van der Waals surface area contributed by atoms with Crippen molar-refractivity contribution in [3.05, 3.63) is 40.4 Å². The number of benzene rings is 1. The molecule has 0 aliphatic rings. The molecule has 0 amide bonds. The van der Waals surface area contributed by atoms with Gasteiger partial charge in [-0.1, -0.05) is 25.5 Å². The maximum absolute atomic E-state index is 4.62. The van der Waals surface area contributed by atoms with Gasteiger partial charge < -0.3 is 5.32 Å². The highest BCUT2D eigenvalue weighted by Crippen LogP contribution is 2.25. The lowest BCUT2D eigenvalue weighted by Gasteiger charge is -2.08. The highest BCUT2D eigenvalue weighted by Gasteiger charge is 2.05. The molecule has 18 heavy (non-hydrogen) atoms. The zero-order valence-electron chi connectivity index (χ0n) is 11.3. The number of hydrogen-bond acceptors (Lipinski definition) is 3. The smallest absolute Gasteiger partial charge is 0.187 e. The van der Waals surface area contributed by atoms with E-state index in [0.29, 0.717) is 0 Å². The molecule has 2 rings (SSSR count). The van der Waals surface area contributed by atoms with Gasteiger partial charge in [-0.25, -0.2) is 4.98 Å². The van der Waals surface area contributed by atoms with Crippen molar-refractivity contribution in [1.82, 2.24) is 4.98 Å². The van der Waals surface area contributed by atoms with Gasteiger partial charge in [-0.05, 0) is 43.9 Å². The second-order valence-corrected chi connectivity index (χ2v) is 5.48. The predicted molar refractivity (Wildman–Crippen MR) is 79.9 cm³/mol. The summed E-state index contributed by atoms with van der Waals surface area (Å²) in [4.78, 5) is 4.62. The Labute approximate surface area is 113 Å². The van der Waals surface area contributed by atoms with E-state index in [9.17, 15) is 0 Å². The van der Waals surface area contributed by atoms with Crippen LogP contribution in [-0.2, 0) is 6.42 Å². The van der Waals surface area contributed by atoms with E-state index in [1.54, 1.807) is 11.3 Å². The molecular formula is C15H20N2S. The normalized spacial score (nSPS) is 10.6. The molecule has 0 unspecified atom stereocenters. The first-order valence-corrected chi connectivity index (χ1v) is 7.36. The van der Waals surface area contributed by atoms with E-state index in [4.69, 9.17) is 0 Å². The number of thiazole rings is 1. The molecule has 0 saturated carbocycles. The molecule has 1 N–H and O–H groups in total. The van der Waals surface area contributed by atoms with E-state index in [-0.39, 0.29) is 0 Å². The van der Waals surface area contributed by atoms with Crippen LogP contribution in [0.3, 0.4) is 0 Å². The molecule has 0 spiro atoms. The van der Waals surface area contributed by atoms with Gasteiger partial charge in [0.1, 0.15) is 0 Å². The van der Waals surface area contributed by atoms with Gasteiger partial charge in [0.05, 0.1) is 5.69 Å². The Morgan fingerprint density at radius 3 is 2.89 bits per heavy atom. The van der Waals surface area contributed by atoms with Crippen molar-refractivity contribution in [3.63, 3.8) is 0 Å². The first-order chi connectivity index (χ1) is 8.70. The standard InChI is InChI=1S/C15H20N2S/c1-4-5-8-13-10-18-15(16-13)17-14-9-6-7-11(2)12(14)3/h6-7,9-10H,4-5,8H2,1-3H3,(H,16,17). The lowest BCUT2D eigenvalue weighted by Crippen LogP contribution is -1.94. The molecule has 96 valence electrons. The van der Waals surface area contributed by atoms with Crippen molar-refractivity contribution in [1.29, 1.82) is 0 Å². The van der Waals surface area contributed by atoms with Crippen molar-refractivity contribution >= 4 is 22.2 Å². The van der Waals surface area contributed by atoms with Crippen LogP contribution in [0.15, 0.2) is 23.6 Å². The zero-order chi connectivity index (χ0) is 13.0. The molecule has 0 bridgehead atoms. The molecule has 0 aliphatic heterocycles. The molecule has 1 aromatic carbocycles. The summed E-state index contributed by atoms with van der Waals surface area (Å²) in [5, 5.41) is 6.57. The highest BCUT2D eigenvalue weighted by atomic mass is 32.1. The van der Waals surface area contributed by atoms with Gasteiger partial charge in [0.2, 0.25) is 0 Å². The SMILES string of the molecule is CCCCc1csc(Nc2cccc(C)c2C)n1. The van der Waals surface area contributed by atoms with Crippen LogP contribution in [0, 0.1) is 13.8 Å². The van der Waals surface area contributed by atoms with Gasteiger partial charge in [0, 0.05) is 11.1 Å². The summed E-state index contributed by atoms with van der Waals surface area (Å²) in [6, 6.07) is 6.32. The molecule has 0 saturated heterocycles. The third-order valence-electron chi connectivity index (χ3n) is 3.18. The minimum Gasteiger partial charge on any atom is -0.331 e. The lowest BCUT2D eigenvalue weighted by atomic mass is 10.1. The molecule has 0 aliphatic carbocycles. The fraction of sp³-hybridized carbons (Fsp3) is 0.400. The molecule has 0 radical (unpaired) electrons. The van der Waals surface area contributed by atoms with Crippen molar-refractivity contribution in [2.24, 2.45) is 0 Å². The largest absolute Gasteiger partial charge is 0.331 e. The van der Waals surface area contributed by atoms with Gasteiger partial charge in [-0.3, -0.25) is 0 Å². The topological polar surface area (TPSA) is 24.9 Å². The highest BCUT2D eigenvalue weighted by molar-refractivity contribution is 7.13. The third kappa shape index (κ3) is 3.10. The Kier molecular flexibility index (Phi) is 4.37. The van der Waals surface area contributed by atoms with Crippen molar-refractivity contribution in [2.45, 2.75) is 40.0 Å². The minimum atomic E-state index is 0.995. The molecule has 0 fully saturated rings. The number of nitrogens with zero attached hydrogens (tertiary/aromatic N) is 1. The number of rotatable bonds is 5. The van der Waals surface area contributed by atoms with E-state index in [2.05, 4.69) is 54.7 Å². The number of aryl methyl sites for hydroxylation is 2. The zero-order valence-corrected chi connectivity index (χ0v) is 12.1. The Morgan fingerprint density at radius 2 is 2.11 bits per heavy atom. The van der Waals surface area contributed by atoms with Crippen LogP contribution in [0.25, 0.3) is 0 Å². The molecule has 2 nitrogen and oxygen atoms in total. The maximum Gasteiger partial charge on any atom is 0.187 e. The second-order valence-electron chi connectivity index (χ2n) is 4.62.